The first-order valence-corrected chi connectivity index (χ1v) is 8.71. The Labute approximate surface area is 147 Å². The zero-order valence-corrected chi connectivity index (χ0v) is 14.2. The first kappa shape index (κ1) is 15.5. The van der Waals surface area contributed by atoms with Gasteiger partial charge in [-0.2, -0.15) is 5.10 Å². The van der Waals surface area contributed by atoms with Crippen molar-refractivity contribution in [2.24, 2.45) is 5.73 Å². The van der Waals surface area contributed by atoms with Gasteiger partial charge in [-0.1, -0.05) is 30.3 Å². The summed E-state index contributed by atoms with van der Waals surface area (Å²) in [4.78, 5) is 21.2. The second kappa shape index (κ2) is 6.48. The third kappa shape index (κ3) is 3.43. The lowest BCUT2D eigenvalue weighted by Crippen LogP contribution is -2.15. The molecule has 8 heteroatoms. The van der Waals surface area contributed by atoms with Gasteiger partial charge in [0.05, 0.1) is 25.1 Å². The van der Waals surface area contributed by atoms with Crippen LogP contribution >= 0.6 is 11.3 Å². The number of nitrogens with two attached hydrogens (primary N) is 1. The molecule has 3 heterocycles. The fourth-order valence-electron chi connectivity index (χ4n) is 2.69. The molecule has 1 aromatic carbocycles. The summed E-state index contributed by atoms with van der Waals surface area (Å²) in [6, 6.07) is 10.0. The van der Waals surface area contributed by atoms with Crippen molar-refractivity contribution in [3.05, 3.63) is 71.0 Å². The van der Waals surface area contributed by atoms with Crippen LogP contribution in [0.15, 0.2) is 48.1 Å². The second-order valence-electron chi connectivity index (χ2n) is 5.73. The van der Waals surface area contributed by atoms with Gasteiger partial charge in [-0.05, 0) is 5.56 Å². The Hall–Kier alpha value is -3.00. The summed E-state index contributed by atoms with van der Waals surface area (Å²) in [7, 11) is 0. The molecule has 0 radical (unpaired) electrons. The lowest BCUT2D eigenvalue weighted by Gasteiger charge is -2.05. The van der Waals surface area contributed by atoms with E-state index < -0.39 is 5.91 Å². The molecule has 0 saturated heterocycles. The van der Waals surface area contributed by atoms with E-state index in [9.17, 15) is 4.79 Å². The molecular weight excluding hydrogens is 336 g/mol. The van der Waals surface area contributed by atoms with Gasteiger partial charge in [-0.25, -0.2) is 14.6 Å². The molecule has 2 N–H and O–H groups in total. The number of nitrogens with zero attached hydrogens (tertiary/aromatic N) is 5. The van der Waals surface area contributed by atoms with Gasteiger partial charge in [0.25, 0.3) is 0 Å². The van der Waals surface area contributed by atoms with Crippen LogP contribution in [0, 0.1) is 0 Å². The van der Waals surface area contributed by atoms with Gasteiger partial charge >= 0.3 is 0 Å². The van der Waals surface area contributed by atoms with Gasteiger partial charge in [0.15, 0.2) is 10.8 Å². The highest BCUT2D eigenvalue weighted by Gasteiger charge is 2.14. The van der Waals surface area contributed by atoms with Crippen molar-refractivity contribution in [2.75, 3.05) is 0 Å². The predicted molar refractivity (Wildman–Crippen MR) is 94.3 cm³/mol. The summed E-state index contributed by atoms with van der Waals surface area (Å²) >= 11 is 1.59. The molecule has 1 amide bonds. The number of imidazole rings is 1. The predicted octanol–water partition coefficient (Wildman–Crippen LogP) is 1.65. The highest BCUT2D eigenvalue weighted by atomic mass is 32.1. The Bertz CT molecular complexity index is 988. The first-order chi connectivity index (χ1) is 12.2. The van der Waals surface area contributed by atoms with Crippen molar-refractivity contribution < 1.29 is 4.79 Å². The summed E-state index contributed by atoms with van der Waals surface area (Å²) in [6.45, 7) is 0.587. The molecule has 0 bridgehead atoms. The number of rotatable bonds is 6. The Balaban J connectivity index is 1.64. The number of amides is 1. The minimum Gasteiger partial charge on any atom is -0.369 e. The molecule has 0 fully saturated rings. The molecule has 3 aromatic heterocycles. The Morgan fingerprint density at radius 2 is 2.04 bits per heavy atom. The standard InChI is InChI=1S/C17H16N6OS/c18-14(24)9-15-20-16(8-13-11-22-6-7-25-17(22)19-13)23(21-15)10-12-4-2-1-3-5-12/h1-7,11H,8-10H2,(H2,18,24). The van der Waals surface area contributed by atoms with E-state index in [1.165, 1.54) is 0 Å². The van der Waals surface area contributed by atoms with Crippen LogP contribution in [0.2, 0.25) is 0 Å². The summed E-state index contributed by atoms with van der Waals surface area (Å²) in [6.07, 6.45) is 4.55. The first-order valence-electron chi connectivity index (χ1n) is 7.83. The topological polar surface area (TPSA) is 91.1 Å². The van der Waals surface area contributed by atoms with Gasteiger partial charge in [0.1, 0.15) is 5.82 Å². The number of hydrogen-bond acceptors (Lipinski definition) is 5. The number of carbonyl (C=O) groups excluding carboxylic acids is 1. The van der Waals surface area contributed by atoms with Crippen molar-refractivity contribution in [2.45, 2.75) is 19.4 Å². The van der Waals surface area contributed by atoms with Crippen molar-refractivity contribution in [1.82, 2.24) is 24.1 Å². The monoisotopic (exact) mass is 352 g/mol. The summed E-state index contributed by atoms with van der Waals surface area (Å²) in [5.74, 6) is 0.774. The van der Waals surface area contributed by atoms with E-state index in [4.69, 9.17) is 5.73 Å². The fraction of sp³-hybridized carbons (Fsp3) is 0.176. The van der Waals surface area contributed by atoms with Crippen LogP contribution in [0.25, 0.3) is 4.96 Å². The smallest absolute Gasteiger partial charge is 0.225 e. The van der Waals surface area contributed by atoms with Crippen molar-refractivity contribution in [3.63, 3.8) is 0 Å². The van der Waals surface area contributed by atoms with Crippen molar-refractivity contribution in [3.8, 4) is 0 Å². The molecule has 4 aromatic rings. The number of carbonyl (C=O) groups is 1. The molecule has 0 saturated carbocycles. The summed E-state index contributed by atoms with van der Waals surface area (Å²) < 4.78 is 3.81. The van der Waals surface area contributed by atoms with Crippen LogP contribution in [0.3, 0.4) is 0 Å². The Morgan fingerprint density at radius 1 is 1.20 bits per heavy atom. The zero-order valence-electron chi connectivity index (χ0n) is 13.4. The SMILES string of the molecule is NC(=O)Cc1nc(Cc2cn3ccsc3n2)n(Cc2ccccc2)n1. The van der Waals surface area contributed by atoms with Gasteiger partial charge in [0.2, 0.25) is 5.91 Å². The number of thiazole rings is 1. The van der Waals surface area contributed by atoms with Crippen LogP contribution < -0.4 is 5.73 Å². The highest BCUT2D eigenvalue weighted by molar-refractivity contribution is 7.15. The third-order valence-corrected chi connectivity index (χ3v) is 4.55. The van der Waals surface area contributed by atoms with Gasteiger partial charge in [-0.3, -0.25) is 9.20 Å². The normalized spacial score (nSPS) is 11.2. The number of fused-ring (bicyclic) bond motifs is 1. The summed E-state index contributed by atoms with van der Waals surface area (Å²) in [5.41, 5.74) is 7.32. The minimum absolute atomic E-state index is 0.0348. The molecule has 25 heavy (non-hydrogen) atoms. The van der Waals surface area contributed by atoms with E-state index >= 15 is 0 Å². The van der Waals surface area contributed by atoms with Crippen molar-refractivity contribution in [1.29, 1.82) is 0 Å². The van der Waals surface area contributed by atoms with E-state index in [1.54, 1.807) is 11.3 Å². The largest absolute Gasteiger partial charge is 0.369 e. The Kier molecular flexibility index (Phi) is 4.02. The maximum absolute atomic E-state index is 11.2. The van der Waals surface area contributed by atoms with Crippen LogP contribution in [0.5, 0.6) is 0 Å². The average Bonchev–Trinajstić information content (AvgIpc) is 3.24. The van der Waals surface area contributed by atoms with E-state index in [1.807, 2.05) is 57.2 Å². The van der Waals surface area contributed by atoms with Crippen LogP contribution in [0.1, 0.15) is 22.9 Å². The van der Waals surface area contributed by atoms with Crippen LogP contribution in [0.4, 0.5) is 0 Å². The van der Waals surface area contributed by atoms with E-state index in [0.717, 1.165) is 22.0 Å². The van der Waals surface area contributed by atoms with E-state index in [2.05, 4.69) is 15.1 Å². The zero-order chi connectivity index (χ0) is 17.2. The number of aromatic nitrogens is 5. The molecule has 0 spiro atoms. The van der Waals surface area contributed by atoms with Crippen LogP contribution in [-0.2, 0) is 24.2 Å². The maximum atomic E-state index is 11.2. The van der Waals surface area contributed by atoms with Gasteiger partial charge in [-0.15, -0.1) is 11.3 Å². The molecular formula is C17H16N6OS. The minimum atomic E-state index is -0.439. The number of primary amides is 1. The number of hydrogen-bond donors (Lipinski definition) is 1. The highest BCUT2D eigenvalue weighted by Crippen LogP contribution is 2.15. The van der Waals surface area contributed by atoms with E-state index in [0.29, 0.717) is 18.8 Å². The quantitative estimate of drug-likeness (QED) is 0.571. The maximum Gasteiger partial charge on any atom is 0.225 e. The molecule has 0 aliphatic heterocycles. The molecule has 0 unspecified atom stereocenters. The molecule has 126 valence electrons. The molecule has 7 nitrogen and oxygen atoms in total. The molecule has 0 aliphatic rings. The number of benzene rings is 1. The van der Waals surface area contributed by atoms with Crippen molar-refractivity contribution >= 4 is 22.2 Å². The average molecular weight is 352 g/mol. The van der Waals surface area contributed by atoms with Gasteiger partial charge in [0, 0.05) is 17.8 Å². The lowest BCUT2D eigenvalue weighted by molar-refractivity contribution is -0.117. The van der Waals surface area contributed by atoms with Crippen LogP contribution in [-0.4, -0.2) is 30.1 Å². The second-order valence-corrected chi connectivity index (χ2v) is 6.61. The molecule has 4 rings (SSSR count). The molecule has 0 atom stereocenters. The third-order valence-electron chi connectivity index (χ3n) is 3.78. The fourth-order valence-corrected chi connectivity index (χ4v) is 3.41. The van der Waals surface area contributed by atoms with Gasteiger partial charge < -0.3 is 5.73 Å². The molecule has 0 aliphatic carbocycles. The van der Waals surface area contributed by atoms with E-state index in [-0.39, 0.29) is 6.42 Å². The summed E-state index contributed by atoms with van der Waals surface area (Å²) in [5, 5.41) is 6.45. The lowest BCUT2D eigenvalue weighted by atomic mass is 10.2. The Morgan fingerprint density at radius 3 is 2.80 bits per heavy atom.